The molecule has 0 saturated heterocycles. The van der Waals surface area contributed by atoms with Crippen LogP contribution in [0.25, 0.3) is 0 Å². The topological polar surface area (TPSA) is 29.1 Å². The highest BCUT2D eigenvalue weighted by molar-refractivity contribution is 7.81. The molecule has 0 aromatic heterocycles. The van der Waals surface area contributed by atoms with Crippen LogP contribution in [0, 0.1) is 19.7 Å². The summed E-state index contributed by atoms with van der Waals surface area (Å²) in [7, 11) is 0. The molecule has 0 aliphatic rings. The molecule has 1 amide bonds. The Morgan fingerprint density at radius 1 is 1.44 bits per heavy atom. The third-order valence-electron chi connectivity index (χ3n) is 2.34. The van der Waals surface area contributed by atoms with E-state index in [0.29, 0.717) is 17.7 Å². The molecule has 0 aliphatic heterocycles. The molecule has 1 aromatic carbocycles. The Morgan fingerprint density at radius 2 is 1.94 bits per heavy atom. The average molecular weight is 241 g/mol. The molecule has 16 heavy (non-hydrogen) atoms. The van der Waals surface area contributed by atoms with E-state index in [4.69, 9.17) is 0 Å². The van der Waals surface area contributed by atoms with Crippen LogP contribution in [0.2, 0.25) is 0 Å². The third-order valence-corrected chi connectivity index (χ3v) is 2.58. The van der Waals surface area contributed by atoms with Gasteiger partial charge in [0.15, 0.2) is 0 Å². The van der Waals surface area contributed by atoms with E-state index in [1.807, 2.05) is 0 Å². The van der Waals surface area contributed by atoms with Crippen LogP contribution in [-0.4, -0.2) is 11.2 Å². The highest BCUT2D eigenvalue weighted by atomic mass is 32.1. The minimum absolute atomic E-state index is 0.122. The van der Waals surface area contributed by atoms with Crippen LogP contribution >= 0.6 is 12.6 Å². The van der Waals surface area contributed by atoms with E-state index in [-0.39, 0.29) is 17.0 Å². The first kappa shape index (κ1) is 13.0. The Bertz CT molecular complexity index is 381. The number of thiol groups is 1. The monoisotopic (exact) mass is 241 g/mol. The SMILES string of the molecule is Cc1cc(CNC(=O)C(C)S)cc(C)c1F. The Morgan fingerprint density at radius 3 is 2.38 bits per heavy atom. The molecule has 0 heterocycles. The van der Waals surface area contributed by atoms with Crippen molar-refractivity contribution in [3.63, 3.8) is 0 Å². The maximum absolute atomic E-state index is 13.3. The maximum atomic E-state index is 13.3. The highest BCUT2D eigenvalue weighted by Gasteiger charge is 2.08. The number of aryl methyl sites for hydroxylation is 2. The maximum Gasteiger partial charge on any atom is 0.232 e. The van der Waals surface area contributed by atoms with Gasteiger partial charge in [-0.3, -0.25) is 4.79 Å². The first-order chi connectivity index (χ1) is 7.41. The van der Waals surface area contributed by atoms with E-state index in [1.165, 1.54) is 0 Å². The number of hydrogen-bond acceptors (Lipinski definition) is 2. The summed E-state index contributed by atoms with van der Waals surface area (Å²) in [5, 5.41) is 2.40. The van der Waals surface area contributed by atoms with Crippen molar-refractivity contribution in [1.82, 2.24) is 5.32 Å². The molecule has 0 bridgehead atoms. The smallest absolute Gasteiger partial charge is 0.232 e. The fraction of sp³-hybridized carbons (Fsp3) is 0.417. The highest BCUT2D eigenvalue weighted by Crippen LogP contribution is 2.14. The van der Waals surface area contributed by atoms with Crippen molar-refractivity contribution < 1.29 is 9.18 Å². The second-order valence-electron chi connectivity index (χ2n) is 3.94. The molecule has 4 heteroatoms. The number of carbonyl (C=O) groups excluding carboxylic acids is 1. The minimum atomic E-state index is -0.331. The number of nitrogens with one attached hydrogen (secondary N) is 1. The summed E-state index contributed by atoms with van der Waals surface area (Å²) in [5.41, 5.74) is 2.10. The molecule has 0 saturated carbocycles. The average Bonchev–Trinajstić information content (AvgIpc) is 2.22. The van der Waals surface area contributed by atoms with E-state index in [2.05, 4.69) is 17.9 Å². The Balaban J connectivity index is 2.72. The predicted molar refractivity (Wildman–Crippen MR) is 66.2 cm³/mol. The molecule has 1 aromatic rings. The van der Waals surface area contributed by atoms with Crippen LogP contribution in [0.15, 0.2) is 12.1 Å². The minimum Gasteiger partial charge on any atom is -0.351 e. The summed E-state index contributed by atoms with van der Waals surface area (Å²) in [5.74, 6) is -0.305. The quantitative estimate of drug-likeness (QED) is 0.782. The zero-order valence-corrected chi connectivity index (χ0v) is 10.6. The van der Waals surface area contributed by atoms with Gasteiger partial charge in [-0.1, -0.05) is 12.1 Å². The van der Waals surface area contributed by atoms with Crippen molar-refractivity contribution in [2.45, 2.75) is 32.6 Å². The second-order valence-corrected chi connectivity index (χ2v) is 4.71. The normalized spacial score (nSPS) is 12.3. The first-order valence-corrected chi connectivity index (χ1v) is 5.65. The van der Waals surface area contributed by atoms with Crippen LogP contribution in [0.1, 0.15) is 23.6 Å². The Kier molecular flexibility index (Phi) is 4.35. The number of amides is 1. The van der Waals surface area contributed by atoms with Gasteiger partial charge in [-0.15, -0.1) is 0 Å². The van der Waals surface area contributed by atoms with Crippen LogP contribution in [0.4, 0.5) is 4.39 Å². The molecule has 1 rings (SSSR count). The fourth-order valence-corrected chi connectivity index (χ4v) is 1.57. The summed E-state index contributed by atoms with van der Waals surface area (Å²) in [6, 6.07) is 3.48. The molecule has 88 valence electrons. The number of hydrogen-bond donors (Lipinski definition) is 2. The van der Waals surface area contributed by atoms with E-state index >= 15 is 0 Å². The Hall–Kier alpha value is -1.03. The molecule has 0 radical (unpaired) electrons. The lowest BCUT2D eigenvalue weighted by molar-refractivity contribution is -0.120. The van der Waals surface area contributed by atoms with E-state index in [1.54, 1.807) is 32.9 Å². The number of rotatable bonds is 3. The van der Waals surface area contributed by atoms with Crippen molar-refractivity contribution in [3.05, 3.63) is 34.6 Å². The standard InChI is InChI=1S/C12H16FNOS/c1-7-4-10(5-8(2)11(7)13)6-14-12(15)9(3)16/h4-5,9,16H,6H2,1-3H3,(H,14,15). The van der Waals surface area contributed by atoms with E-state index < -0.39 is 0 Å². The van der Waals surface area contributed by atoms with Crippen molar-refractivity contribution in [3.8, 4) is 0 Å². The van der Waals surface area contributed by atoms with Gasteiger partial charge in [-0.25, -0.2) is 4.39 Å². The van der Waals surface area contributed by atoms with Gasteiger partial charge in [0.1, 0.15) is 5.82 Å². The predicted octanol–water partition coefficient (Wildman–Crippen LogP) is 2.38. The number of benzene rings is 1. The van der Waals surface area contributed by atoms with Crippen LogP contribution in [0.3, 0.4) is 0 Å². The lowest BCUT2D eigenvalue weighted by Crippen LogP contribution is -2.29. The van der Waals surface area contributed by atoms with Crippen LogP contribution in [-0.2, 0) is 11.3 Å². The van der Waals surface area contributed by atoms with Gasteiger partial charge >= 0.3 is 0 Å². The van der Waals surface area contributed by atoms with Crippen molar-refractivity contribution >= 4 is 18.5 Å². The molecular formula is C12H16FNOS. The van der Waals surface area contributed by atoms with Crippen LogP contribution < -0.4 is 5.32 Å². The molecule has 0 fully saturated rings. The largest absolute Gasteiger partial charge is 0.351 e. The van der Waals surface area contributed by atoms with Gasteiger partial charge in [0.25, 0.3) is 0 Å². The van der Waals surface area contributed by atoms with E-state index in [9.17, 15) is 9.18 Å². The van der Waals surface area contributed by atoms with Crippen molar-refractivity contribution in [2.75, 3.05) is 0 Å². The zero-order chi connectivity index (χ0) is 12.3. The summed E-state index contributed by atoms with van der Waals surface area (Å²) in [6.45, 7) is 5.55. The summed E-state index contributed by atoms with van der Waals surface area (Å²) < 4.78 is 13.3. The van der Waals surface area contributed by atoms with Gasteiger partial charge in [0.05, 0.1) is 5.25 Å². The molecule has 0 aliphatic carbocycles. The molecule has 0 spiro atoms. The fourth-order valence-electron chi connectivity index (χ4n) is 1.47. The lowest BCUT2D eigenvalue weighted by atomic mass is 10.1. The second kappa shape index (κ2) is 5.34. The molecule has 2 nitrogen and oxygen atoms in total. The summed E-state index contributed by atoms with van der Waals surface area (Å²) >= 11 is 4.02. The van der Waals surface area contributed by atoms with Crippen molar-refractivity contribution in [2.24, 2.45) is 0 Å². The molecule has 1 N–H and O–H groups in total. The summed E-state index contributed by atoms with van der Waals surface area (Å²) in [6.07, 6.45) is 0. The van der Waals surface area contributed by atoms with Gasteiger partial charge in [0, 0.05) is 6.54 Å². The number of halogens is 1. The number of carbonyl (C=O) groups is 1. The van der Waals surface area contributed by atoms with Crippen molar-refractivity contribution in [1.29, 1.82) is 0 Å². The first-order valence-electron chi connectivity index (χ1n) is 5.13. The van der Waals surface area contributed by atoms with Gasteiger partial charge in [-0.05, 0) is 37.5 Å². The van der Waals surface area contributed by atoms with Crippen LogP contribution in [0.5, 0.6) is 0 Å². The molecular weight excluding hydrogens is 225 g/mol. The summed E-state index contributed by atoms with van der Waals surface area (Å²) in [4.78, 5) is 11.3. The molecule has 1 unspecified atom stereocenters. The van der Waals surface area contributed by atoms with Gasteiger partial charge < -0.3 is 5.32 Å². The lowest BCUT2D eigenvalue weighted by Gasteiger charge is -2.09. The third kappa shape index (κ3) is 3.23. The van der Waals surface area contributed by atoms with E-state index in [0.717, 1.165) is 5.56 Å². The zero-order valence-electron chi connectivity index (χ0n) is 9.67. The van der Waals surface area contributed by atoms with Gasteiger partial charge in [-0.2, -0.15) is 12.6 Å². The Labute approximate surface area is 101 Å². The van der Waals surface area contributed by atoms with Gasteiger partial charge in [0.2, 0.25) is 5.91 Å². The molecule has 1 atom stereocenters.